The van der Waals surface area contributed by atoms with Gasteiger partial charge in [0.1, 0.15) is 0 Å². The van der Waals surface area contributed by atoms with E-state index in [4.69, 9.17) is 5.11 Å². The van der Waals surface area contributed by atoms with Crippen molar-refractivity contribution in [3.8, 4) is 0 Å². The first-order chi connectivity index (χ1) is 10.4. The fourth-order valence-electron chi connectivity index (χ4n) is 2.57. The van der Waals surface area contributed by atoms with Crippen LogP contribution in [0.4, 0.5) is 8.78 Å². The minimum absolute atomic E-state index is 0.216. The van der Waals surface area contributed by atoms with Crippen molar-refractivity contribution in [1.82, 2.24) is 4.40 Å². The van der Waals surface area contributed by atoms with E-state index in [0.717, 1.165) is 22.7 Å². The number of hydrogen-bond donors (Lipinski definition) is 1. The van der Waals surface area contributed by atoms with Crippen molar-refractivity contribution in [2.24, 2.45) is 0 Å². The molecule has 0 radical (unpaired) electrons. The highest BCUT2D eigenvalue weighted by Crippen LogP contribution is 2.19. The van der Waals surface area contributed by atoms with Crippen LogP contribution in [0, 0.1) is 18.6 Å². The van der Waals surface area contributed by atoms with Crippen LogP contribution in [0.15, 0.2) is 42.7 Å². The Morgan fingerprint density at radius 3 is 2.55 bits per heavy atom. The van der Waals surface area contributed by atoms with Gasteiger partial charge in [-0.2, -0.15) is 0 Å². The topological polar surface area (TPSA) is 41.7 Å². The largest absolute Gasteiger partial charge is 0.478 e. The normalized spacial score (nSPS) is 11.0. The zero-order chi connectivity index (χ0) is 15.9. The Morgan fingerprint density at radius 2 is 1.86 bits per heavy atom. The standard InChI is InChI=1S/C17H13F2NO2/c1-10-4-12(5-11-2-3-14(18)15(19)6-11)8-20-9-13(17(21)22)7-16(10)20/h2-4,6-9H,5H2,1H3,(H,21,22). The van der Waals surface area contributed by atoms with E-state index in [-0.39, 0.29) is 5.56 Å². The van der Waals surface area contributed by atoms with Gasteiger partial charge in [-0.15, -0.1) is 0 Å². The van der Waals surface area contributed by atoms with Gasteiger partial charge in [0.15, 0.2) is 11.6 Å². The van der Waals surface area contributed by atoms with Crippen LogP contribution in [0.1, 0.15) is 27.0 Å². The van der Waals surface area contributed by atoms with E-state index in [1.807, 2.05) is 13.0 Å². The van der Waals surface area contributed by atoms with Crippen molar-refractivity contribution in [3.63, 3.8) is 0 Å². The van der Waals surface area contributed by atoms with Crippen molar-refractivity contribution in [3.05, 3.63) is 76.6 Å². The summed E-state index contributed by atoms with van der Waals surface area (Å²) in [7, 11) is 0. The molecule has 0 aliphatic heterocycles. The number of halogens is 2. The van der Waals surface area contributed by atoms with Gasteiger partial charge in [0.2, 0.25) is 0 Å². The molecule has 112 valence electrons. The molecule has 1 N–H and O–H groups in total. The molecule has 0 saturated carbocycles. The predicted octanol–water partition coefficient (Wildman–Crippen LogP) is 3.81. The fraction of sp³-hybridized carbons (Fsp3) is 0.118. The molecule has 0 bridgehead atoms. The predicted molar refractivity (Wildman–Crippen MR) is 78.3 cm³/mol. The number of rotatable bonds is 3. The first-order valence-corrected chi connectivity index (χ1v) is 6.72. The van der Waals surface area contributed by atoms with Gasteiger partial charge in [0.05, 0.1) is 5.56 Å². The van der Waals surface area contributed by atoms with Gasteiger partial charge < -0.3 is 9.51 Å². The van der Waals surface area contributed by atoms with Gasteiger partial charge in [-0.3, -0.25) is 0 Å². The number of aromatic nitrogens is 1. The molecule has 0 spiro atoms. The molecule has 3 rings (SSSR count). The molecular formula is C17H13F2NO2. The first kappa shape index (κ1) is 14.3. The van der Waals surface area contributed by atoms with Gasteiger partial charge in [0.25, 0.3) is 0 Å². The Labute approximate surface area is 125 Å². The lowest BCUT2D eigenvalue weighted by atomic mass is 10.0. The third kappa shape index (κ3) is 2.57. The fourth-order valence-corrected chi connectivity index (χ4v) is 2.57. The summed E-state index contributed by atoms with van der Waals surface area (Å²) in [4.78, 5) is 11.0. The average molecular weight is 301 g/mol. The van der Waals surface area contributed by atoms with Gasteiger partial charge in [-0.05, 0) is 48.2 Å². The van der Waals surface area contributed by atoms with Crippen molar-refractivity contribution in [1.29, 1.82) is 0 Å². The Morgan fingerprint density at radius 1 is 1.09 bits per heavy atom. The molecule has 0 unspecified atom stereocenters. The highest BCUT2D eigenvalue weighted by molar-refractivity contribution is 5.89. The van der Waals surface area contributed by atoms with E-state index in [9.17, 15) is 13.6 Å². The Balaban J connectivity index is 2.00. The maximum Gasteiger partial charge on any atom is 0.337 e. The number of hydrogen-bond acceptors (Lipinski definition) is 1. The van der Waals surface area contributed by atoms with E-state index in [1.165, 1.54) is 12.1 Å². The number of fused-ring (bicyclic) bond motifs is 1. The van der Waals surface area contributed by atoms with Gasteiger partial charge in [-0.1, -0.05) is 12.1 Å². The van der Waals surface area contributed by atoms with Crippen LogP contribution in [0.25, 0.3) is 5.52 Å². The summed E-state index contributed by atoms with van der Waals surface area (Å²) in [5, 5.41) is 9.05. The molecule has 0 atom stereocenters. The second-order valence-electron chi connectivity index (χ2n) is 5.28. The third-order valence-electron chi connectivity index (χ3n) is 3.60. The van der Waals surface area contributed by atoms with Gasteiger partial charge >= 0.3 is 5.97 Å². The Kier molecular flexibility index (Phi) is 3.41. The van der Waals surface area contributed by atoms with Crippen molar-refractivity contribution < 1.29 is 18.7 Å². The molecule has 3 aromatic rings. The second kappa shape index (κ2) is 5.26. The lowest BCUT2D eigenvalue weighted by Gasteiger charge is -2.07. The third-order valence-corrected chi connectivity index (χ3v) is 3.60. The average Bonchev–Trinajstić information content (AvgIpc) is 2.88. The molecule has 3 nitrogen and oxygen atoms in total. The number of pyridine rings is 1. The molecule has 0 aliphatic carbocycles. The van der Waals surface area contributed by atoms with Crippen LogP contribution < -0.4 is 0 Å². The minimum atomic E-state index is -0.981. The zero-order valence-corrected chi connectivity index (χ0v) is 11.8. The van der Waals surface area contributed by atoms with Crippen LogP contribution in [0.2, 0.25) is 0 Å². The first-order valence-electron chi connectivity index (χ1n) is 6.72. The molecule has 2 aromatic heterocycles. The Hall–Kier alpha value is -2.69. The number of aromatic carboxylic acids is 1. The van der Waals surface area contributed by atoms with Crippen LogP contribution in [-0.4, -0.2) is 15.5 Å². The number of carboxylic acid groups (broad SMARTS) is 1. The van der Waals surface area contributed by atoms with Crippen LogP contribution in [-0.2, 0) is 6.42 Å². The summed E-state index contributed by atoms with van der Waals surface area (Å²) in [6.07, 6.45) is 3.78. The van der Waals surface area contributed by atoms with Crippen LogP contribution in [0.3, 0.4) is 0 Å². The molecule has 22 heavy (non-hydrogen) atoms. The number of carboxylic acids is 1. The summed E-state index contributed by atoms with van der Waals surface area (Å²) in [5.41, 5.74) is 3.50. The number of benzene rings is 1. The van der Waals surface area contributed by atoms with E-state index in [0.29, 0.717) is 12.0 Å². The molecule has 5 heteroatoms. The number of carbonyl (C=O) groups is 1. The van der Waals surface area contributed by atoms with Gasteiger partial charge in [0, 0.05) is 17.9 Å². The molecule has 0 aliphatic rings. The zero-order valence-electron chi connectivity index (χ0n) is 11.8. The lowest BCUT2D eigenvalue weighted by Crippen LogP contribution is -1.96. The molecule has 0 saturated heterocycles. The Bertz CT molecular complexity index is 884. The lowest BCUT2D eigenvalue weighted by molar-refractivity contribution is 0.0697. The second-order valence-corrected chi connectivity index (χ2v) is 5.28. The summed E-state index contributed by atoms with van der Waals surface area (Å²) in [6.45, 7) is 1.88. The summed E-state index contributed by atoms with van der Waals surface area (Å²) in [5.74, 6) is -2.72. The van der Waals surface area contributed by atoms with Gasteiger partial charge in [-0.25, -0.2) is 13.6 Å². The molecule has 1 aromatic carbocycles. The minimum Gasteiger partial charge on any atom is -0.478 e. The molecular weight excluding hydrogens is 288 g/mol. The molecule has 2 heterocycles. The summed E-state index contributed by atoms with van der Waals surface area (Å²) >= 11 is 0. The highest BCUT2D eigenvalue weighted by Gasteiger charge is 2.10. The maximum atomic E-state index is 13.3. The van der Waals surface area contributed by atoms with Crippen molar-refractivity contribution in [2.75, 3.05) is 0 Å². The van der Waals surface area contributed by atoms with Crippen LogP contribution in [0.5, 0.6) is 0 Å². The smallest absolute Gasteiger partial charge is 0.337 e. The quantitative estimate of drug-likeness (QED) is 0.799. The van der Waals surface area contributed by atoms with Crippen LogP contribution >= 0.6 is 0 Å². The molecule has 0 amide bonds. The van der Waals surface area contributed by atoms with Crippen molar-refractivity contribution >= 4 is 11.5 Å². The van der Waals surface area contributed by atoms with E-state index >= 15 is 0 Å². The highest BCUT2D eigenvalue weighted by atomic mass is 19.2. The number of nitrogens with zero attached hydrogens (tertiary/aromatic N) is 1. The SMILES string of the molecule is Cc1cc(Cc2ccc(F)c(F)c2)cn2cc(C(=O)O)cc12. The van der Waals surface area contributed by atoms with E-state index in [2.05, 4.69) is 0 Å². The number of aryl methyl sites for hydroxylation is 1. The summed E-state index contributed by atoms with van der Waals surface area (Å²) < 4.78 is 28.0. The van der Waals surface area contributed by atoms with E-state index in [1.54, 1.807) is 22.9 Å². The monoisotopic (exact) mass is 301 g/mol. The molecule has 0 fully saturated rings. The van der Waals surface area contributed by atoms with Crippen molar-refractivity contribution in [2.45, 2.75) is 13.3 Å². The maximum absolute atomic E-state index is 13.3. The van der Waals surface area contributed by atoms with E-state index < -0.39 is 17.6 Å². The summed E-state index contributed by atoms with van der Waals surface area (Å²) in [6, 6.07) is 7.35.